The van der Waals surface area contributed by atoms with Crippen LogP contribution in [0.4, 0.5) is 0 Å². The number of rotatable bonds is 7. The predicted octanol–water partition coefficient (Wildman–Crippen LogP) is 1.88. The SMILES string of the molecule is CCN1CCCC(NCCCCOC)CC1. The van der Waals surface area contributed by atoms with Crippen molar-refractivity contribution in [1.29, 1.82) is 0 Å². The molecule has 1 unspecified atom stereocenters. The lowest BCUT2D eigenvalue weighted by molar-refractivity contribution is 0.192. The highest BCUT2D eigenvalue weighted by Crippen LogP contribution is 2.10. The maximum atomic E-state index is 5.05. The maximum Gasteiger partial charge on any atom is 0.0462 e. The summed E-state index contributed by atoms with van der Waals surface area (Å²) in [7, 11) is 1.78. The van der Waals surface area contributed by atoms with Crippen molar-refractivity contribution in [1.82, 2.24) is 10.2 Å². The van der Waals surface area contributed by atoms with Crippen LogP contribution in [0, 0.1) is 0 Å². The minimum atomic E-state index is 0.749. The first kappa shape index (κ1) is 13.9. The van der Waals surface area contributed by atoms with Crippen LogP contribution in [0.5, 0.6) is 0 Å². The van der Waals surface area contributed by atoms with E-state index in [0.29, 0.717) is 0 Å². The van der Waals surface area contributed by atoms with Crippen LogP contribution in [-0.4, -0.2) is 50.8 Å². The van der Waals surface area contributed by atoms with Crippen LogP contribution in [0.3, 0.4) is 0 Å². The number of likely N-dealkylation sites (tertiary alicyclic amines) is 1. The molecule has 0 aromatic rings. The standard InChI is InChI=1S/C13H28N2O/c1-3-15-10-6-7-13(8-11-15)14-9-4-5-12-16-2/h13-14H,3-12H2,1-2H3. The first-order chi connectivity index (χ1) is 7.86. The zero-order valence-corrected chi connectivity index (χ0v) is 11.0. The van der Waals surface area contributed by atoms with Crippen molar-refractivity contribution in [3.63, 3.8) is 0 Å². The summed E-state index contributed by atoms with van der Waals surface area (Å²) in [5, 5.41) is 3.68. The van der Waals surface area contributed by atoms with Gasteiger partial charge in [-0.2, -0.15) is 0 Å². The Morgan fingerprint density at radius 1 is 1.25 bits per heavy atom. The quantitative estimate of drug-likeness (QED) is 0.673. The minimum absolute atomic E-state index is 0.749. The fourth-order valence-electron chi connectivity index (χ4n) is 2.35. The lowest BCUT2D eigenvalue weighted by atomic mass is 10.1. The van der Waals surface area contributed by atoms with Gasteiger partial charge in [0.05, 0.1) is 0 Å². The summed E-state index contributed by atoms with van der Waals surface area (Å²) in [5.74, 6) is 0. The van der Waals surface area contributed by atoms with Crippen LogP contribution in [0.2, 0.25) is 0 Å². The van der Waals surface area contributed by atoms with Crippen molar-refractivity contribution >= 4 is 0 Å². The summed E-state index contributed by atoms with van der Waals surface area (Å²) >= 11 is 0. The maximum absolute atomic E-state index is 5.05. The number of nitrogens with one attached hydrogen (secondary N) is 1. The largest absolute Gasteiger partial charge is 0.385 e. The molecule has 1 N–H and O–H groups in total. The Labute approximate surface area is 101 Å². The summed E-state index contributed by atoms with van der Waals surface area (Å²) in [4.78, 5) is 2.56. The Kier molecular flexibility index (Phi) is 7.81. The van der Waals surface area contributed by atoms with Crippen molar-refractivity contribution in [3.05, 3.63) is 0 Å². The molecule has 1 aliphatic heterocycles. The van der Waals surface area contributed by atoms with Crippen molar-refractivity contribution in [2.75, 3.05) is 39.9 Å². The van der Waals surface area contributed by atoms with Gasteiger partial charge in [0.15, 0.2) is 0 Å². The summed E-state index contributed by atoms with van der Waals surface area (Å²) < 4.78 is 5.05. The van der Waals surface area contributed by atoms with Crippen LogP contribution in [0.25, 0.3) is 0 Å². The topological polar surface area (TPSA) is 24.5 Å². The molecular weight excluding hydrogens is 200 g/mol. The Hall–Kier alpha value is -0.120. The molecule has 0 aromatic heterocycles. The van der Waals surface area contributed by atoms with Gasteiger partial charge in [-0.1, -0.05) is 6.92 Å². The molecule has 16 heavy (non-hydrogen) atoms. The molecule has 3 heteroatoms. The van der Waals surface area contributed by atoms with Crippen LogP contribution in [0.15, 0.2) is 0 Å². The average Bonchev–Trinajstić information content (AvgIpc) is 2.54. The smallest absolute Gasteiger partial charge is 0.0462 e. The number of hydrogen-bond acceptors (Lipinski definition) is 3. The van der Waals surface area contributed by atoms with Gasteiger partial charge in [0.1, 0.15) is 0 Å². The highest BCUT2D eigenvalue weighted by Gasteiger charge is 2.14. The van der Waals surface area contributed by atoms with Crippen molar-refractivity contribution < 1.29 is 4.74 Å². The Morgan fingerprint density at radius 3 is 2.88 bits per heavy atom. The summed E-state index contributed by atoms with van der Waals surface area (Å²) in [6, 6.07) is 0.749. The second kappa shape index (κ2) is 8.97. The molecule has 0 spiro atoms. The number of hydrogen-bond donors (Lipinski definition) is 1. The molecule has 96 valence electrons. The van der Waals surface area contributed by atoms with Crippen LogP contribution in [0.1, 0.15) is 39.0 Å². The molecule has 1 atom stereocenters. The molecule has 1 saturated heterocycles. The molecule has 1 heterocycles. The van der Waals surface area contributed by atoms with E-state index >= 15 is 0 Å². The molecule has 1 aliphatic rings. The van der Waals surface area contributed by atoms with E-state index in [1.165, 1.54) is 51.7 Å². The minimum Gasteiger partial charge on any atom is -0.385 e. The van der Waals surface area contributed by atoms with Crippen LogP contribution in [-0.2, 0) is 4.74 Å². The lowest BCUT2D eigenvalue weighted by Gasteiger charge is -2.18. The Morgan fingerprint density at radius 2 is 2.12 bits per heavy atom. The molecule has 0 aliphatic carbocycles. The fourth-order valence-corrected chi connectivity index (χ4v) is 2.35. The highest BCUT2D eigenvalue weighted by molar-refractivity contribution is 4.74. The van der Waals surface area contributed by atoms with Crippen molar-refractivity contribution in [3.8, 4) is 0 Å². The Bertz CT molecular complexity index is 164. The van der Waals surface area contributed by atoms with Gasteiger partial charge in [-0.3, -0.25) is 0 Å². The molecule has 0 aromatic carbocycles. The van der Waals surface area contributed by atoms with Crippen molar-refractivity contribution in [2.24, 2.45) is 0 Å². The van der Waals surface area contributed by atoms with E-state index in [0.717, 1.165) is 19.2 Å². The van der Waals surface area contributed by atoms with E-state index in [4.69, 9.17) is 4.74 Å². The molecular formula is C13H28N2O. The highest BCUT2D eigenvalue weighted by atomic mass is 16.5. The zero-order chi connectivity index (χ0) is 11.6. The number of methoxy groups -OCH3 is 1. The van der Waals surface area contributed by atoms with Gasteiger partial charge < -0.3 is 15.0 Å². The monoisotopic (exact) mass is 228 g/mol. The number of nitrogens with zero attached hydrogens (tertiary/aromatic N) is 1. The van der Waals surface area contributed by atoms with E-state index in [9.17, 15) is 0 Å². The van der Waals surface area contributed by atoms with Crippen LogP contribution >= 0.6 is 0 Å². The van der Waals surface area contributed by atoms with E-state index in [2.05, 4.69) is 17.1 Å². The fraction of sp³-hybridized carbons (Fsp3) is 1.00. The van der Waals surface area contributed by atoms with Crippen LogP contribution < -0.4 is 5.32 Å². The molecule has 0 saturated carbocycles. The molecule has 1 fully saturated rings. The molecule has 0 bridgehead atoms. The first-order valence-corrected chi connectivity index (χ1v) is 6.81. The normalized spacial score (nSPS) is 23.2. The summed E-state index contributed by atoms with van der Waals surface area (Å²) in [5.41, 5.74) is 0. The lowest BCUT2D eigenvalue weighted by Crippen LogP contribution is -2.31. The molecule has 1 rings (SSSR count). The molecule has 3 nitrogen and oxygen atoms in total. The third-order valence-electron chi connectivity index (χ3n) is 3.48. The van der Waals surface area contributed by atoms with Gasteiger partial charge in [0.2, 0.25) is 0 Å². The Balaban J connectivity index is 2.03. The second-order valence-corrected chi connectivity index (χ2v) is 4.72. The van der Waals surface area contributed by atoms with Gasteiger partial charge in [-0.25, -0.2) is 0 Å². The van der Waals surface area contributed by atoms with Gasteiger partial charge in [0.25, 0.3) is 0 Å². The second-order valence-electron chi connectivity index (χ2n) is 4.72. The summed E-state index contributed by atoms with van der Waals surface area (Å²) in [6.07, 6.45) is 6.43. The van der Waals surface area contributed by atoms with E-state index < -0.39 is 0 Å². The third kappa shape index (κ3) is 5.83. The van der Waals surface area contributed by atoms with Gasteiger partial charge in [0, 0.05) is 19.8 Å². The van der Waals surface area contributed by atoms with Gasteiger partial charge in [-0.05, 0) is 58.3 Å². The zero-order valence-electron chi connectivity index (χ0n) is 11.0. The van der Waals surface area contributed by atoms with E-state index in [1.54, 1.807) is 7.11 Å². The first-order valence-electron chi connectivity index (χ1n) is 6.81. The molecule has 0 amide bonds. The van der Waals surface area contributed by atoms with E-state index in [-0.39, 0.29) is 0 Å². The number of unbranched alkanes of at least 4 members (excludes halogenated alkanes) is 1. The van der Waals surface area contributed by atoms with E-state index in [1.807, 2.05) is 0 Å². The third-order valence-corrected chi connectivity index (χ3v) is 3.48. The van der Waals surface area contributed by atoms with Gasteiger partial charge in [-0.15, -0.1) is 0 Å². The molecule has 0 radical (unpaired) electrons. The summed E-state index contributed by atoms with van der Waals surface area (Å²) in [6.45, 7) is 8.08. The predicted molar refractivity (Wildman–Crippen MR) is 68.9 cm³/mol. The number of ether oxygens (including phenoxy) is 1. The van der Waals surface area contributed by atoms with Gasteiger partial charge >= 0.3 is 0 Å². The van der Waals surface area contributed by atoms with Crippen molar-refractivity contribution in [2.45, 2.75) is 45.1 Å². The average molecular weight is 228 g/mol.